The summed E-state index contributed by atoms with van der Waals surface area (Å²) >= 11 is 0. The number of urea groups is 1. The number of halogens is 4. The molecule has 138 valence electrons. The van der Waals surface area contributed by atoms with Crippen molar-refractivity contribution in [1.82, 2.24) is 9.80 Å². The second kappa shape index (κ2) is 7.28. The van der Waals surface area contributed by atoms with Crippen LogP contribution in [-0.4, -0.2) is 48.9 Å². The molecule has 5 nitrogen and oxygen atoms in total. The summed E-state index contributed by atoms with van der Waals surface area (Å²) < 4.78 is 51.2. The second-order valence-corrected chi connectivity index (χ2v) is 6.14. The first kappa shape index (κ1) is 19.0. The van der Waals surface area contributed by atoms with Crippen LogP contribution >= 0.6 is 0 Å². The van der Waals surface area contributed by atoms with Gasteiger partial charge in [0.1, 0.15) is 5.82 Å². The highest BCUT2D eigenvalue weighted by Gasteiger charge is 2.34. The minimum Gasteiger partial charge on any atom is -0.331 e. The predicted octanol–water partition coefficient (Wildman–Crippen LogP) is 3.18. The summed E-state index contributed by atoms with van der Waals surface area (Å²) in [6.45, 7) is 0.752. The normalized spacial score (nSPS) is 18.0. The second-order valence-electron chi connectivity index (χ2n) is 6.14. The molecule has 9 heteroatoms. The lowest BCUT2D eigenvalue weighted by Crippen LogP contribution is -2.47. The number of benzene rings is 1. The lowest BCUT2D eigenvalue weighted by atomic mass is 9.97. The van der Waals surface area contributed by atoms with E-state index in [9.17, 15) is 27.2 Å². The van der Waals surface area contributed by atoms with Gasteiger partial charge < -0.3 is 15.1 Å². The third-order valence-corrected chi connectivity index (χ3v) is 3.99. The van der Waals surface area contributed by atoms with Gasteiger partial charge in [-0.2, -0.15) is 13.2 Å². The number of nitrogens with one attached hydrogen (secondary N) is 1. The number of anilines is 1. The van der Waals surface area contributed by atoms with E-state index in [4.69, 9.17) is 0 Å². The van der Waals surface area contributed by atoms with Crippen LogP contribution in [0.1, 0.15) is 18.4 Å². The Hall–Kier alpha value is -2.32. The van der Waals surface area contributed by atoms with E-state index in [0.717, 1.165) is 6.07 Å². The molecule has 1 heterocycles. The Kier molecular flexibility index (Phi) is 5.54. The number of carbonyl (C=O) groups excluding carboxylic acids is 2. The smallest absolute Gasteiger partial charge is 0.331 e. The molecule has 0 aliphatic carbocycles. The third-order valence-electron chi connectivity index (χ3n) is 3.99. The molecule has 0 spiro atoms. The molecular formula is C16H19F4N3O2. The van der Waals surface area contributed by atoms with E-state index in [-0.39, 0.29) is 18.3 Å². The molecule has 3 amide bonds. The topological polar surface area (TPSA) is 52.7 Å². The summed E-state index contributed by atoms with van der Waals surface area (Å²) in [6.07, 6.45) is -3.60. The summed E-state index contributed by atoms with van der Waals surface area (Å²) in [7, 11) is 3.22. The molecule has 1 fully saturated rings. The van der Waals surface area contributed by atoms with Crippen molar-refractivity contribution < 1.29 is 27.2 Å². The van der Waals surface area contributed by atoms with Crippen molar-refractivity contribution in [3.63, 3.8) is 0 Å². The highest BCUT2D eigenvalue weighted by Crippen LogP contribution is 2.32. The molecule has 0 unspecified atom stereocenters. The van der Waals surface area contributed by atoms with Gasteiger partial charge in [0.2, 0.25) is 5.91 Å². The molecular weight excluding hydrogens is 342 g/mol. The number of piperidine rings is 1. The molecule has 0 radical (unpaired) electrons. The Morgan fingerprint density at radius 1 is 1.28 bits per heavy atom. The van der Waals surface area contributed by atoms with Crippen molar-refractivity contribution in [1.29, 1.82) is 0 Å². The lowest BCUT2D eigenvalue weighted by molar-refractivity contribution is -0.140. The number of alkyl halides is 3. The van der Waals surface area contributed by atoms with E-state index in [1.165, 1.54) is 4.90 Å². The Balaban J connectivity index is 2.04. The van der Waals surface area contributed by atoms with E-state index in [0.29, 0.717) is 31.5 Å². The van der Waals surface area contributed by atoms with Crippen molar-refractivity contribution >= 4 is 17.6 Å². The average molecular weight is 361 g/mol. The number of hydrogen-bond acceptors (Lipinski definition) is 2. The van der Waals surface area contributed by atoms with E-state index < -0.39 is 29.4 Å². The zero-order chi connectivity index (χ0) is 18.8. The fraction of sp³-hybridized carbons (Fsp3) is 0.500. The maximum Gasteiger partial charge on any atom is 0.419 e. The predicted molar refractivity (Wildman–Crippen MR) is 83.4 cm³/mol. The van der Waals surface area contributed by atoms with Crippen LogP contribution < -0.4 is 5.32 Å². The van der Waals surface area contributed by atoms with Crippen molar-refractivity contribution in [2.45, 2.75) is 19.0 Å². The van der Waals surface area contributed by atoms with E-state index in [1.54, 1.807) is 19.0 Å². The van der Waals surface area contributed by atoms with Crippen LogP contribution in [0.5, 0.6) is 0 Å². The van der Waals surface area contributed by atoms with Crippen LogP contribution in [0.25, 0.3) is 0 Å². The van der Waals surface area contributed by atoms with Crippen molar-refractivity contribution in [2.24, 2.45) is 5.92 Å². The molecule has 1 atom stereocenters. The van der Waals surface area contributed by atoms with Crippen LogP contribution in [0.15, 0.2) is 18.2 Å². The van der Waals surface area contributed by atoms with E-state index in [1.807, 2.05) is 0 Å². The van der Waals surface area contributed by atoms with Crippen molar-refractivity contribution in [3.8, 4) is 0 Å². The van der Waals surface area contributed by atoms with Crippen LogP contribution in [0.3, 0.4) is 0 Å². The molecule has 1 saturated heterocycles. The number of rotatable bonds is 2. The van der Waals surface area contributed by atoms with Crippen LogP contribution in [0, 0.1) is 11.7 Å². The number of carbonyl (C=O) groups is 2. The maximum absolute atomic E-state index is 13.6. The van der Waals surface area contributed by atoms with Crippen molar-refractivity contribution in [3.05, 3.63) is 29.6 Å². The number of nitrogens with zero attached hydrogens (tertiary/aromatic N) is 2. The minimum atomic E-state index is -4.79. The molecule has 1 N–H and O–H groups in total. The molecule has 1 aliphatic heterocycles. The van der Waals surface area contributed by atoms with E-state index in [2.05, 4.69) is 5.32 Å². The number of hydrogen-bond donors (Lipinski definition) is 1. The fourth-order valence-electron chi connectivity index (χ4n) is 2.71. The van der Waals surface area contributed by atoms with Crippen molar-refractivity contribution in [2.75, 3.05) is 32.5 Å². The van der Waals surface area contributed by atoms with Gasteiger partial charge in [-0.1, -0.05) is 0 Å². The quantitative estimate of drug-likeness (QED) is 0.823. The van der Waals surface area contributed by atoms with Crippen LogP contribution in [0.4, 0.5) is 28.0 Å². The Labute approximate surface area is 142 Å². The highest BCUT2D eigenvalue weighted by atomic mass is 19.4. The van der Waals surface area contributed by atoms with Gasteiger partial charge in [-0.3, -0.25) is 4.79 Å². The molecule has 1 aromatic rings. The molecule has 0 bridgehead atoms. The maximum atomic E-state index is 13.6. The first-order valence-electron chi connectivity index (χ1n) is 7.73. The van der Waals surface area contributed by atoms with Gasteiger partial charge in [0.05, 0.1) is 11.5 Å². The van der Waals surface area contributed by atoms with Gasteiger partial charge in [0.25, 0.3) is 0 Å². The Morgan fingerprint density at radius 3 is 2.52 bits per heavy atom. The number of likely N-dealkylation sites (tertiary alicyclic amines) is 1. The van der Waals surface area contributed by atoms with Crippen LogP contribution in [-0.2, 0) is 11.0 Å². The minimum absolute atomic E-state index is 0.0495. The van der Waals surface area contributed by atoms with Gasteiger partial charge in [0.15, 0.2) is 0 Å². The summed E-state index contributed by atoms with van der Waals surface area (Å²) in [6, 6.07) is 2.04. The SMILES string of the molecule is CN(C)C(=O)N1CCC[C@H](C(=O)Nc2ccc(C(F)(F)F)c(F)c2)C1. The monoisotopic (exact) mass is 361 g/mol. The summed E-state index contributed by atoms with van der Waals surface area (Å²) in [5.74, 6) is -2.39. The van der Waals surface area contributed by atoms with Gasteiger partial charge in [-0.25, -0.2) is 9.18 Å². The zero-order valence-electron chi connectivity index (χ0n) is 13.9. The molecule has 1 aromatic carbocycles. The first-order chi connectivity index (χ1) is 11.6. The summed E-state index contributed by atoms with van der Waals surface area (Å²) in [4.78, 5) is 27.2. The largest absolute Gasteiger partial charge is 0.419 e. The Bertz CT molecular complexity index is 661. The molecule has 0 saturated carbocycles. The fourth-order valence-corrected chi connectivity index (χ4v) is 2.71. The van der Waals surface area contributed by atoms with Crippen LogP contribution in [0.2, 0.25) is 0 Å². The van der Waals surface area contributed by atoms with E-state index >= 15 is 0 Å². The summed E-state index contributed by atoms with van der Waals surface area (Å²) in [5.41, 5.74) is -1.43. The Morgan fingerprint density at radius 2 is 1.96 bits per heavy atom. The highest BCUT2D eigenvalue weighted by molar-refractivity contribution is 5.93. The van der Waals surface area contributed by atoms with Gasteiger partial charge in [-0.05, 0) is 31.0 Å². The van der Waals surface area contributed by atoms with Gasteiger partial charge in [0, 0.05) is 32.9 Å². The van der Waals surface area contributed by atoms with Gasteiger partial charge in [-0.15, -0.1) is 0 Å². The zero-order valence-corrected chi connectivity index (χ0v) is 13.9. The molecule has 0 aromatic heterocycles. The molecule has 25 heavy (non-hydrogen) atoms. The molecule has 2 rings (SSSR count). The molecule has 1 aliphatic rings. The lowest BCUT2D eigenvalue weighted by Gasteiger charge is -2.33. The summed E-state index contributed by atoms with van der Waals surface area (Å²) in [5, 5.41) is 2.42. The number of amides is 3. The average Bonchev–Trinajstić information content (AvgIpc) is 2.53. The third kappa shape index (κ3) is 4.61. The van der Waals surface area contributed by atoms with Gasteiger partial charge >= 0.3 is 12.2 Å². The standard InChI is InChI=1S/C16H19F4N3O2/c1-22(2)15(25)23-7-3-4-10(9-23)14(24)21-11-5-6-12(13(17)8-11)16(18,19)20/h5-6,8,10H,3-4,7,9H2,1-2H3,(H,21,24)/t10-/m0/s1. The first-order valence-corrected chi connectivity index (χ1v) is 7.73.